The molecule has 224 valence electrons. The van der Waals surface area contributed by atoms with Crippen molar-refractivity contribution >= 4 is 34.7 Å². The van der Waals surface area contributed by atoms with E-state index in [1.807, 2.05) is 18.2 Å². The normalized spacial score (nSPS) is 14.9. The van der Waals surface area contributed by atoms with Crippen LogP contribution in [0.3, 0.4) is 0 Å². The Hall–Kier alpha value is -4.95. The van der Waals surface area contributed by atoms with E-state index in [9.17, 15) is 19.5 Å². The first kappa shape index (κ1) is 29.1. The number of aromatic amines is 1. The van der Waals surface area contributed by atoms with Gasteiger partial charge in [0.05, 0.1) is 6.10 Å². The van der Waals surface area contributed by atoms with Crippen molar-refractivity contribution in [3.05, 3.63) is 125 Å². The smallest absolute Gasteiger partial charge is 0.278 e. The van der Waals surface area contributed by atoms with Crippen molar-refractivity contribution in [1.29, 1.82) is 0 Å². The van der Waals surface area contributed by atoms with E-state index in [1.54, 1.807) is 60.7 Å². The highest BCUT2D eigenvalue weighted by Gasteiger charge is 2.22. The largest absolute Gasteiger partial charge is 0.393 e. The summed E-state index contributed by atoms with van der Waals surface area (Å²) in [6.45, 7) is 5.42. The second kappa shape index (κ2) is 12.7. The van der Waals surface area contributed by atoms with Gasteiger partial charge in [0, 0.05) is 58.7 Å². The van der Waals surface area contributed by atoms with E-state index in [1.165, 1.54) is 16.7 Å². The van der Waals surface area contributed by atoms with Gasteiger partial charge in [-0.2, -0.15) is 0 Å². The first-order chi connectivity index (χ1) is 21.4. The Bertz CT molecular complexity index is 1640. The molecule has 6 rings (SSSR count). The standard InChI is InChI=1S/C36H36N4O4/c1-2-40(36(44)33-23-27-5-3-4-6-32(27)38-33)30-17-9-25(10-18-30)34(42)24-7-13-28(14-8-24)37-35(43)26-11-15-29(16-12-26)39-21-19-31(41)20-22-39/h2,7-18,23,31,38,41H,1,3-6,19-22H2,(H,37,43). The lowest BCUT2D eigenvalue weighted by Gasteiger charge is -2.31. The number of aliphatic hydroxyl groups is 1. The van der Waals surface area contributed by atoms with Gasteiger partial charge in [0.25, 0.3) is 11.8 Å². The van der Waals surface area contributed by atoms with Crippen LogP contribution >= 0.6 is 0 Å². The molecule has 4 aromatic rings. The summed E-state index contributed by atoms with van der Waals surface area (Å²) in [7, 11) is 0. The molecule has 1 aliphatic carbocycles. The zero-order chi connectivity index (χ0) is 30.6. The Kier molecular flexibility index (Phi) is 8.43. The minimum Gasteiger partial charge on any atom is -0.393 e. The molecule has 2 amide bonds. The van der Waals surface area contributed by atoms with Gasteiger partial charge in [-0.05, 0) is 123 Å². The van der Waals surface area contributed by atoms with Crippen molar-refractivity contribution in [2.45, 2.75) is 44.6 Å². The lowest BCUT2D eigenvalue weighted by molar-refractivity contribution is 0.0991. The van der Waals surface area contributed by atoms with Crippen LogP contribution in [0.5, 0.6) is 0 Å². The van der Waals surface area contributed by atoms with Crippen molar-refractivity contribution in [1.82, 2.24) is 4.98 Å². The molecule has 2 aliphatic rings. The second-order valence-electron chi connectivity index (χ2n) is 11.4. The van der Waals surface area contributed by atoms with Crippen LogP contribution in [0.15, 0.2) is 91.6 Å². The maximum Gasteiger partial charge on any atom is 0.278 e. The highest BCUT2D eigenvalue weighted by molar-refractivity contribution is 6.10. The van der Waals surface area contributed by atoms with Gasteiger partial charge in [-0.1, -0.05) is 6.58 Å². The van der Waals surface area contributed by atoms with Crippen LogP contribution in [0.25, 0.3) is 0 Å². The van der Waals surface area contributed by atoms with Crippen LogP contribution in [0.2, 0.25) is 0 Å². The molecule has 1 aromatic heterocycles. The SMILES string of the molecule is C=CN(C(=O)c1cc2c([nH]1)CCCC2)c1ccc(C(=O)c2ccc(NC(=O)c3ccc(N4CCC(O)CC4)cc3)cc2)cc1. The van der Waals surface area contributed by atoms with Crippen LogP contribution in [-0.2, 0) is 12.8 Å². The molecule has 1 saturated heterocycles. The van der Waals surface area contributed by atoms with Gasteiger partial charge in [-0.25, -0.2) is 0 Å². The molecule has 0 atom stereocenters. The fourth-order valence-electron chi connectivity index (χ4n) is 5.95. The van der Waals surface area contributed by atoms with E-state index < -0.39 is 0 Å². The topological polar surface area (TPSA) is 106 Å². The summed E-state index contributed by atoms with van der Waals surface area (Å²) in [6.07, 6.45) is 6.95. The second-order valence-corrected chi connectivity index (χ2v) is 11.4. The Morgan fingerprint density at radius 2 is 1.48 bits per heavy atom. The molecule has 1 aliphatic heterocycles. The molecule has 44 heavy (non-hydrogen) atoms. The van der Waals surface area contributed by atoms with Gasteiger partial charge >= 0.3 is 0 Å². The first-order valence-corrected chi connectivity index (χ1v) is 15.2. The molecule has 3 aromatic carbocycles. The molecule has 0 bridgehead atoms. The fraction of sp³-hybridized carbons (Fsp3) is 0.250. The molecule has 3 N–H and O–H groups in total. The lowest BCUT2D eigenvalue weighted by Crippen LogP contribution is -2.35. The summed E-state index contributed by atoms with van der Waals surface area (Å²) in [5.74, 6) is -0.588. The summed E-state index contributed by atoms with van der Waals surface area (Å²) in [6, 6.07) is 23.1. The average molecular weight is 589 g/mol. The van der Waals surface area contributed by atoms with Gasteiger partial charge in [-0.15, -0.1) is 0 Å². The number of carbonyl (C=O) groups is 3. The van der Waals surface area contributed by atoms with Gasteiger partial charge in [-0.3, -0.25) is 19.3 Å². The van der Waals surface area contributed by atoms with Crippen molar-refractivity contribution < 1.29 is 19.5 Å². The highest BCUT2D eigenvalue weighted by atomic mass is 16.3. The van der Waals surface area contributed by atoms with E-state index in [0.29, 0.717) is 33.8 Å². The van der Waals surface area contributed by atoms with E-state index in [-0.39, 0.29) is 23.7 Å². The summed E-state index contributed by atoms with van der Waals surface area (Å²) in [5, 5.41) is 12.6. The number of nitrogens with zero attached hydrogens (tertiary/aromatic N) is 2. The third-order valence-corrected chi connectivity index (χ3v) is 8.52. The first-order valence-electron chi connectivity index (χ1n) is 15.2. The van der Waals surface area contributed by atoms with E-state index in [4.69, 9.17) is 0 Å². The minimum atomic E-state index is -0.235. The third-order valence-electron chi connectivity index (χ3n) is 8.52. The molecule has 0 spiro atoms. The molecule has 2 heterocycles. The monoisotopic (exact) mass is 588 g/mol. The molecular formula is C36H36N4O4. The van der Waals surface area contributed by atoms with Gasteiger partial charge < -0.3 is 20.3 Å². The maximum absolute atomic E-state index is 13.2. The van der Waals surface area contributed by atoms with Crippen LogP contribution in [-0.4, -0.2) is 46.9 Å². The summed E-state index contributed by atoms with van der Waals surface area (Å²) in [5.41, 5.74) is 6.64. The number of fused-ring (bicyclic) bond motifs is 1. The van der Waals surface area contributed by atoms with Crippen molar-refractivity contribution in [2.75, 3.05) is 28.2 Å². The number of ketones is 1. The minimum absolute atomic E-state index is 0.163. The zero-order valence-electron chi connectivity index (χ0n) is 24.6. The molecule has 0 saturated carbocycles. The molecule has 8 heteroatoms. The highest BCUT2D eigenvalue weighted by Crippen LogP contribution is 2.26. The van der Waals surface area contributed by atoms with E-state index in [2.05, 4.69) is 21.8 Å². The van der Waals surface area contributed by atoms with Crippen LogP contribution in [0.1, 0.15) is 73.7 Å². The number of H-pyrrole nitrogens is 1. The molecule has 0 radical (unpaired) electrons. The number of rotatable bonds is 8. The predicted molar refractivity (Wildman–Crippen MR) is 173 cm³/mol. The third kappa shape index (κ3) is 6.21. The van der Waals surface area contributed by atoms with Crippen LogP contribution in [0.4, 0.5) is 17.1 Å². The Labute approximate surface area is 257 Å². The van der Waals surface area contributed by atoms with Crippen LogP contribution in [0, 0.1) is 0 Å². The van der Waals surface area contributed by atoms with Crippen LogP contribution < -0.4 is 15.1 Å². The molecule has 0 unspecified atom stereocenters. The summed E-state index contributed by atoms with van der Waals surface area (Å²) < 4.78 is 0. The van der Waals surface area contributed by atoms with Crippen molar-refractivity contribution in [3.8, 4) is 0 Å². The Balaban J connectivity index is 1.07. The number of nitrogens with one attached hydrogen (secondary N) is 2. The number of hydrogen-bond acceptors (Lipinski definition) is 5. The summed E-state index contributed by atoms with van der Waals surface area (Å²) >= 11 is 0. The number of hydrogen-bond donors (Lipinski definition) is 3. The average Bonchev–Trinajstić information content (AvgIpc) is 3.51. The van der Waals surface area contributed by atoms with E-state index in [0.717, 1.165) is 63.0 Å². The number of aliphatic hydroxyl groups excluding tert-OH is 1. The quantitative estimate of drug-likeness (QED) is 0.215. The van der Waals surface area contributed by atoms with E-state index >= 15 is 0 Å². The van der Waals surface area contributed by atoms with Crippen molar-refractivity contribution in [3.63, 3.8) is 0 Å². The summed E-state index contributed by atoms with van der Waals surface area (Å²) in [4.78, 5) is 46.2. The number of carbonyl (C=O) groups excluding carboxylic acids is 3. The van der Waals surface area contributed by atoms with Gasteiger partial charge in [0.1, 0.15) is 5.69 Å². The number of amides is 2. The number of benzene rings is 3. The zero-order valence-corrected chi connectivity index (χ0v) is 24.6. The Morgan fingerprint density at radius 1 is 0.864 bits per heavy atom. The number of anilines is 3. The lowest BCUT2D eigenvalue weighted by atomic mass is 9.98. The van der Waals surface area contributed by atoms with Gasteiger partial charge in [0.2, 0.25) is 0 Å². The fourth-order valence-corrected chi connectivity index (χ4v) is 5.95. The predicted octanol–water partition coefficient (Wildman–Crippen LogP) is 6.13. The van der Waals surface area contributed by atoms with Gasteiger partial charge in [0.15, 0.2) is 5.78 Å². The Morgan fingerprint density at radius 3 is 2.11 bits per heavy atom. The molecular weight excluding hydrogens is 552 g/mol. The maximum atomic E-state index is 13.2. The molecule has 8 nitrogen and oxygen atoms in total. The number of aryl methyl sites for hydroxylation is 2. The number of piperidine rings is 1. The van der Waals surface area contributed by atoms with Crippen molar-refractivity contribution in [2.24, 2.45) is 0 Å². The molecule has 1 fully saturated rings. The number of aromatic nitrogens is 1.